The highest BCUT2D eigenvalue weighted by atomic mass is 16.5. The minimum atomic E-state index is -0.560. The van der Waals surface area contributed by atoms with Crippen molar-refractivity contribution in [3.8, 4) is 11.1 Å². The molecule has 0 saturated carbocycles. The first-order chi connectivity index (χ1) is 15.7. The van der Waals surface area contributed by atoms with Crippen molar-refractivity contribution >= 4 is 23.4 Å². The van der Waals surface area contributed by atoms with E-state index < -0.39 is 5.91 Å². The SMILES string of the molecule is CNc1cc(-c2ccnc(N(Cc3ccc(C(=O)NO)cc3)c3cnccn3)c2)ccn1. The molecule has 0 bridgehead atoms. The first-order valence-corrected chi connectivity index (χ1v) is 9.85. The first kappa shape index (κ1) is 20.9. The average Bonchev–Trinajstić information content (AvgIpc) is 2.87. The van der Waals surface area contributed by atoms with Crippen LogP contribution < -0.4 is 15.7 Å². The molecule has 0 saturated heterocycles. The van der Waals surface area contributed by atoms with Gasteiger partial charge < -0.3 is 10.2 Å². The van der Waals surface area contributed by atoms with Gasteiger partial charge in [0.05, 0.1) is 12.7 Å². The molecule has 9 heteroatoms. The monoisotopic (exact) mass is 427 g/mol. The number of amides is 1. The number of aromatic nitrogens is 4. The maximum absolute atomic E-state index is 11.6. The molecule has 1 amide bonds. The van der Waals surface area contributed by atoms with Gasteiger partial charge in [-0.05, 0) is 53.1 Å². The van der Waals surface area contributed by atoms with E-state index in [4.69, 9.17) is 5.21 Å². The molecule has 0 aliphatic heterocycles. The fraction of sp³-hybridized carbons (Fsp3) is 0.0870. The lowest BCUT2D eigenvalue weighted by atomic mass is 10.1. The average molecular weight is 427 g/mol. The summed E-state index contributed by atoms with van der Waals surface area (Å²) in [4.78, 5) is 31.0. The number of benzene rings is 1. The van der Waals surface area contributed by atoms with E-state index in [2.05, 4.69) is 25.3 Å². The molecule has 3 aromatic heterocycles. The lowest BCUT2D eigenvalue weighted by molar-refractivity contribution is 0.0706. The third-order valence-electron chi connectivity index (χ3n) is 4.86. The van der Waals surface area contributed by atoms with Crippen molar-refractivity contribution in [2.24, 2.45) is 0 Å². The second-order valence-electron chi connectivity index (χ2n) is 6.87. The van der Waals surface area contributed by atoms with Crippen molar-refractivity contribution < 1.29 is 10.0 Å². The second-order valence-corrected chi connectivity index (χ2v) is 6.87. The van der Waals surface area contributed by atoms with Crippen LogP contribution in [0.5, 0.6) is 0 Å². The molecule has 0 spiro atoms. The summed E-state index contributed by atoms with van der Waals surface area (Å²) < 4.78 is 0. The Bertz CT molecular complexity index is 1200. The summed E-state index contributed by atoms with van der Waals surface area (Å²) in [5.41, 5.74) is 4.92. The van der Waals surface area contributed by atoms with Crippen molar-refractivity contribution in [2.75, 3.05) is 17.3 Å². The summed E-state index contributed by atoms with van der Waals surface area (Å²) in [6.07, 6.45) is 8.43. The van der Waals surface area contributed by atoms with E-state index in [0.717, 1.165) is 22.5 Å². The van der Waals surface area contributed by atoms with Gasteiger partial charge in [-0.2, -0.15) is 0 Å². The molecule has 0 unspecified atom stereocenters. The third kappa shape index (κ3) is 4.68. The van der Waals surface area contributed by atoms with E-state index in [1.807, 2.05) is 48.3 Å². The van der Waals surface area contributed by atoms with Gasteiger partial charge in [0.1, 0.15) is 11.6 Å². The Balaban J connectivity index is 1.69. The molecule has 1 aromatic carbocycles. The lowest BCUT2D eigenvalue weighted by Gasteiger charge is -2.23. The van der Waals surface area contributed by atoms with Crippen LogP contribution in [0.4, 0.5) is 17.5 Å². The molecular weight excluding hydrogens is 406 g/mol. The van der Waals surface area contributed by atoms with Crippen LogP contribution in [0.1, 0.15) is 15.9 Å². The van der Waals surface area contributed by atoms with E-state index in [-0.39, 0.29) is 0 Å². The standard InChI is InChI=1S/C23H21N7O2/c1-24-20-12-18(6-8-26-20)19-7-9-27-21(13-19)30(22-14-25-10-11-28-22)15-16-2-4-17(5-3-16)23(31)29-32/h2-14,32H,15H2,1H3,(H,24,26)(H,29,31). The molecule has 3 N–H and O–H groups in total. The molecule has 0 aliphatic rings. The fourth-order valence-electron chi connectivity index (χ4n) is 3.21. The van der Waals surface area contributed by atoms with Gasteiger partial charge in [-0.3, -0.25) is 15.0 Å². The zero-order valence-corrected chi connectivity index (χ0v) is 17.3. The van der Waals surface area contributed by atoms with Gasteiger partial charge in [0.2, 0.25) is 0 Å². The minimum Gasteiger partial charge on any atom is -0.373 e. The Labute approximate surface area is 184 Å². The van der Waals surface area contributed by atoms with E-state index in [1.165, 1.54) is 0 Å². The van der Waals surface area contributed by atoms with Gasteiger partial charge in [0.15, 0.2) is 5.82 Å². The number of pyridine rings is 2. The maximum Gasteiger partial charge on any atom is 0.274 e. The van der Waals surface area contributed by atoms with Crippen LogP contribution in [0.15, 0.2) is 79.5 Å². The van der Waals surface area contributed by atoms with Gasteiger partial charge in [-0.15, -0.1) is 0 Å². The van der Waals surface area contributed by atoms with E-state index >= 15 is 0 Å². The highest BCUT2D eigenvalue weighted by Gasteiger charge is 2.15. The van der Waals surface area contributed by atoms with Gasteiger partial charge in [0, 0.05) is 37.4 Å². The number of nitrogens with one attached hydrogen (secondary N) is 2. The number of hydrogen-bond acceptors (Lipinski definition) is 8. The van der Waals surface area contributed by atoms with Crippen LogP contribution in [0.2, 0.25) is 0 Å². The van der Waals surface area contributed by atoms with Crippen LogP contribution in [0.25, 0.3) is 11.1 Å². The summed E-state index contributed by atoms with van der Waals surface area (Å²) in [6, 6.07) is 14.8. The molecule has 160 valence electrons. The van der Waals surface area contributed by atoms with Crippen molar-refractivity contribution in [3.05, 3.63) is 90.6 Å². The minimum absolute atomic E-state index is 0.362. The summed E-state index contributed by atoms with van der Waals surface area (Å²) in [5, 5.41) is 11.9. The molecule has 0 atom stereocenters. The third-order valence-corrected chi connectivity index (χ3v) is 4.86. The van der Waals surface area contributed by atoms with Crippen molar-refractivity contribution in [1.82, 2.24) is 25.4 Å². The van der Waals surface area contributed by atoms with Crippen LogP contribution in [0, 0.1) is 0 Å². The maximum atomic E-state index is 11.6. The Morgan fingerprint density at radius 3 is 2.31 bits per heavy atom. The molecule has 32 heavy (non-hydrogen) atoms. The number of hydroxylamine groups is 1. The molecule has 0 fully saturated rings. The van der Waals surface area contributed by atoms with Gasteiger partial charge in [0.25, 0.3) is 5.91 Å². The van der Waals surface area contributed by atoms with Crippen LogP contribution in [-0.2, 0) is 6.54 Å². The molecule has 3 heterocycles. The van der Waals surface area contributed by atoms with E-state index in [0.29, 0.717) is 23.7 Å². The van der Waals surface area contributed by atoms with Crippen LogP contribution in [0.3, 0.4) is 0 Å². The van der Waals surface area contributed by atoms with Crippen LogP contribution >= 0.6 is 0 Å². The summed E-state index contributed by atoms with van der Waals surface area (Å²) in [7, 11) is 1.83. The van der Waals surface area contributed by atoms with Crippen molar-refractivity contribution in [2.45, 2.75) is 6.54 Å². The zero-order valence-electron chi connectivity index (χ0n) is 17.3. The summed E-state index contributed by atoms with van der Waals surface area (Å²) in [6.45, 7) is 0.453. The van der Waals surface area contributed by atoms with Gasteiger partial charge in [-0.25, -0.2) is 20.4 Å². The number of nitrogens with zero attached hydrogens (tertiary/aromatic N) is 5. The highest BCUT2D eigenvalue weighted by Crippen LogP contribution is 2.28. The van der Waals surface area contributed by atoms with Crippen molar-refractivity contribution in [3.63, 3.8) is 0 Å². The topological polar surface area (TPSA) is 116 Å². The Morgan fingerprint density at radius 1 is 0.906 bits per heavy atom. The molecule has 9 nitrogen and oxygen atoms in total. The number of anilines is 3. The van der Waals surface area contributed by atoms with Crippen molar-refractivity contribution in [1.29, 1.82) is 0 Å². The number of rotatable bonds is 7. The van der Waals surface area contributed by atoms with Crippen LogP contribution in [-0.4, -0.2) is 38.1 Å². The molecule has 0 aliphatic carbocycles. The second kappa shape index (κ2) is 9.63. The summed E-state index contributed by atoms with van der Waals surface area (Å²) >= 11 is 0. The lowest BCUT2D eigenvalue weighted by Crippen LogP contribution is -2.20. The quantitative estimate of drug-likeness (QED) is 0.303. The predicted molar refractivity (Wildman–Crippen MR) is 121 cm³/mol. The molecule has 4 aromatic rings. The molecule has 0 radical (unpaired) electrons. The van der Waals surface area contributed by atoms with E-state index in [9.17, 15) is 4.79 Å². The number of carbonyl (C=O) groups excluding carboxylic acids is 1. The predicted octanol–water partition coefficient (Wildman–Crippen LogP) is 3.43. The molecule has 4 rings (SSSR count). The van der Waals surface area contributed by atoms with Gasteiger partial charge >= 0.3 is 0 Å². The fourth-order valence-corrected chi connectivity index (χ4v) is 3.21. The largest absolute Gasteiger partial charge is 0.373 e. The Morgan fingerprint density at radius 2 is 1.62 bits per heavy atom. The number of hydrogen-bond donors (Lipinski definition) is 3. The Kier molecular flexibility index (Phi) is 6.28. The Hall–Kier alpha value is -4.37. The number of carbonyl (C=O) groups is 1. The summed E-state index contributed by atoms with van der Waals surface area (Å²) in [5.74, 6) is 1.55. The molecular formula is C23H21N7O2. The first-order valence-electron chi connectivity index (χ1n) is 9.85. The highest BCUT2D eigenvalue weighted by molar-refractivity contribution is 5.93. The normalized spacial score (nSPS) is 10.4. The van der Waals surface area contributed by atoms with Gasteiger partial charge in [-0.1, -0.05) is 12.1 Å². The zero-order chi connectivity index (χ0) is 22.3. The smallest absolute Gasteiger partial charge is 0.274 e. The van der Waals surface area contributed by atoms with E-state index in [1.54, 1.807) is 48.6 Å².